The molecule has 1 unspecified atom stereocenters. The number of aliphatic hydroxyl groups is 1. The highest BCUT2D eigenvalue weighted by molar-refractivity contribution is 5.80. The normalized spacial score (nSPS) is 13.9. The summed E-state index contributed by atoms with van der Waals surface area (Å²) < 4.78 is 5.55. The van der Waals surface area contributed by atoms with Crippen LogP contribution in [0.15, 0.2) is 24.3 Å². The van der Waals surface area contributed by atoms with Crippen molar-refractivity contribution >= 4 is 5.91 Å². The average Bonchev–Trinajstić information content (AvgIpc) is 2.37. The molecule has 1 aromatic carbocycles. The number of ether oxygens (including phenoxy) is 1. The number of rotatable bonds is 5. The first-order valence-corrected chi connectivity index (χ1v) is 5.75. The predicted molar refractivity (Wildman–Crippen MR) is 65.8 cm³/mol. The van der Waals surface area contributed by atoms with Crippen molar-refractivity contribution in [2.45, 2.75) is 32.5 Å². The van der Waals surface area contributed by atoms with Gasteiger partial charge in [0.25, 0.3) is 5.91 Å². The summed E-state index contributed by atoms with van der Waals surface area (Å²) in [5, 5.41) is 12.4. The van der Waals surface area contributed by atoms with E-state index in [1.165, 1.54) is 0 Å². The van der Waals surface area contributed by atoms with Crippen LogP contribution in [-0.2, 0) is 4.79 Å². The number of likely N-dealkylation sites (N-methyl/N-ethyl adjacent to an activating group) is 1. The summed E-state index contributed by atoms with van der Waals surface area (Å²) in [5.74, 6) is 0.365. The van der Waals surface area contributed by atoms with E-state index in [4.69, 9.17) is 4.74 Å². The Hall–Kier alpha value is -1.55. The third-order valence-corrected chi connectivity index (χ3v) is 2.58. The van der Waals surface area contributed by atoms with Crippen LogP contribution < -0.4 is 10.1 Å². The first-order valence-electron chi connectivity index (χ1n) is 5.75. The Morgan fingerprint density at radius 2 is 2.12 bits per heavy atom. The van der Waals surface area contributed by atoms with Gasteiger partial charge in [0.15, 0.2) is 6.10 Å². The highest BCUT2D eigenvalue weighted by Gasteiger charge is 2.17. The molecule has 0 saturated heterocycles. The topological polar surface area (TPSA) is 58.6 Å². The van der Waals surface area contributed by atoms with E-state index < -0.39 is 12.2 Å². The molecule has 2 atom stereocenters. The first-order chi connectivity index (χ1) is 8.10. The molecule has 1 aromatic rings. The molecule has 0 bridgehead atoms. The zero-order valence-electron chi connectivity index (χ0n) is 10.4. The molecule has 2 N–H and O–H groups in total. The van der Waals surface area contributed by atoms with E-state index in [0.717, 1.165) is 0 Å². The van der Waals surface area contributed by atoms with Gasteiger partial charge in [-0.05, 0) is 19.4 Å². The number of aliphatic hydroxyl groups excluding tert-OH is 1. The summed E-state index contributed by atoms with van der Waals surface area (Å²) in [4.78, 5) is 11.4. The van der Waals surface area contributed by atoms with Gasteiger partial charge in [0.05, 0.1) is 6.10 Å². The minimum absolute atomic E-state index is 0.189. The van der Waals surface area contributed by atoms with Gasteiger partial charge in [-0.2, -0.15) is 0 Å². The smallest absolute Gasteiger partial charge is 0.260 e. The SMILES string of the molecule is CC[C@@H](O)c1ccccc1OC(C)C(=O)NC. The second kappa shape index (κ2) is 6.25. The molecular weight excluding hydrogens is 218 g/mol. The fourth-order valence-corrected chi connectivity index (χ4v) is 1.53. The molecule has 0 aliphatic rings. The number of nitrogens with one attached hydrogen (secondary N) is 1. The molecule has 0 aromatic heterocycles. The summed E-state index contributed by atoms with van der Waals surface area (Å²) in [6.07, 6.45) is -0.539. The predicted octanol–water partition coefficient (Wildman–Crippen LogP) is 1.64. The fraction of sp³-hybridized carbons (Fsp3) is 0.462. The van der Waals surface area contributed by atoms with Gasteiger partial charge in [-0.3, -0.25) is 4.79 Å². The number of benzene rings is 1. The molecule has 94 valence electrons. The Labute approximate surface area is 102 Å². The Bertz CT molecular complexity index is 379. The molecule has 0 spiro atoms. The lowest BCUT2D eigenvalue weighted by Crippen LogP contribution is -2.34. The molecule has 0 fully saturated rings. The molecule has 1 rings (SSSR count). The maximum absolute atomic E-state index is 11.4. The van der Waals surface area contributed by atoms with E-state index in [1.54, 1.807) is 26.1 Å². The van der Waals surface area contributed by atoms with Crippen molar-refractivity contribution < 1.29 is 14.6 Å². The highest BCUT2D eigenvalue weighted by atomic mass is 16.5. The van der Waals surface area contributed by atoms with Gasteiger partial charge < -0.3 is 15.2 Å². The number of carbonyl (C=O) groups is 1. The number of amides is 1. The van der Waals surface area contributed by atoms with Crippen molar-refractivity contribution in [1.29, 1.82) is 0 Å². The zero-order chi connectivity index (χ0) is 12.8. The largest absolute Gasteiger partial charge is 0.481 e. The minimum Gasteiger partial charge on any atom is -0.481 e. The van der Waals surface area contributed by atoms with Crippen LogP contribution >= 0.6 is 0 Å². The monoisotopic (exact) mass is 237 g/mol. The van der Waals surface area contributed by atoms with Gasteiger partial charge in [0, 0.05) is 12.6 Å². The van der Waals surface area contributed by atoms with Crippen molar-refractivity contribution in [2.24, 2.45) is 0 Å². The average molecular weight is 237 g/mol. The minimum atomic E-state index is -0.579. The van der Waals surface area contributed by atoms with Gasteiger partial charge in [0.1, 0.15) is 5.75 Å². The van der Waals surface area contributed by atoms with E-state index in [2.05, 4.69) is 5.32 Å². The summed E-state index contributed by atoms with van der Waals surface area (Å²) in [6, 6.07) is 7.22. The molecule has 17 heavy (non-hydrogen) atoms. The molecule has 0 radical (unpaired) electrons. The van der Waals surface area contributed by atoms with E-state index >= 15 is 0 Å². The molecule has 1 amide bonds. The molecule has 0 aliphatic heterocycles. The van der Waals surface area contributed by atoms with Crippen LogP contribution in [0.1, 0.15) is 31.9 Å². The van der Waals surface area contributed by atoms with E-state index in [0.29, 0.717) is 17.7 Å². The highest BCUT2D eigenvalue weighted by Crippen LogP contribution is 2.27. The standard InChI is InChI=1S/C13H19NO3/c1-4-11(15)10-7-5-6-8-12(10)17-9(2)13(16)14-3/h5-9,11,15H,4H2,1-3H3,(H,14,16)/t9?,11-/m1/s1. The Kier molecular flexibility index (Phi) is 4.97. The summed E-state index contributed by atoms with van der Waals surface area (Å²) in [5.41, 5.74) is 0.714. The summed E-state index contributed by atoms with van der Waals surface area (Å²) in [6.45, 7) is 3.57. The second-order valence-electron chi connectivity index (χ2n) is 3.84. The summed E-state index contributed by atoms with van der Waals surface area (Å²) in [7, 11) is 1.56. The van der Waals surface area contributed by atoms with E-state index in [-0.39, 0.29) is 5.91 Å². The van der Waals surface area contributed by atoms with Gasteiger partial charge >= 0.3 is 0 Å². The van der Waals surface area contributed by atoms with Crippen LogP contribution in [-0.4, -0.2) is 24.2 Å². The number of carbonyl (C=O) groups excluding carboxylic acids is 1. The van der Waals surface area contributed by atoms with E-state index in [9.17, 15) is 9.90 Å². The molecular formula is C13H19NO3. The molecule has 0 heterocycles. The van der Waals surface area contributed by atoms with Gasteiger partial charge in [-0.1, -0.05) is 25.1 Å². The van der Waals surface area contributed by atoms with Crippen LogP contribution in [0, 0.1) is 0 Å². The second-order valence-corrected chi connectivity index (χ2v) is 3.84. The van der Waals surface area contributed by atoms with Crippen molar-refractivity contribution in [3.05, 3.63) is 29.8 Å². The first kappa shape index (κ1) is 13.5. The lowest BCUT2D eigenvalue weighted by atomic mass is 10.1. The van der Waals surface area contributed by atoms with Crippen LogP contribution in [0.3, 0.4) is 0 Å². The number of hydrogen-bond acceptors (Lipinski definition) is 3. The Balaban J connectivity index is 2.87. The Morgan fingerprint density at radius 1 is 1.47 bits per heavy atom. The molecule has 4 heteroatoms. The number of hydrogen-bond donors (Lipinski definition) is 2. The third kappa shape index (κ3) is 3.46. The van der Waals surface area contributed by atoms with Crippen LogP contribution in [0.2, 0.25) is 0 Å². The maximum atomic E-state index is 11.4. The van der Waals surface area contributed by atoms with Gasteiger partial charge in [-0.25, -0.2) is 0 Å². The van der Waals surface area contributed by atoms with Crippen LogP contribution in [0.25, 0.3) is 0 Å². The van der Waals surface area contributed by atoms with Crippen molar-refractivity contribution in [1.82, 2.24) is 5.32 Å². The van der Waals surface area contributed by atoms with Crippen molar-refractivity contribution in [2.75, 3.05) is 7.05 Å². The molecule has 4 nitrogen and oxygen atoms in total. The number of para-hydroxylation sites is 1. The lowest BCUT2D eigenvalue weighted by Gasteiger charge is -2.18. The summed E-state index contributed by atoms with van der Waals surface area (Å²) >= 11 is 0. The lowest BCUT2D eigenvalue weighted by molar-refractivity contribution is -0.126. The van der Waals surface area contributed by atoms with Crippen molar-refractivity contribution in [3.8, 4) is 5.75 Å². The van der Waals surface area contributed by atoms with Gasteiger partial charge in [-0.15, -0.1) is 0 Å². The maximum Gasteiger partial charge on any atom is 0.260 e. The zero-order valence-corrected chi connectivity index (χ0v) is 10.4. The van der Waals surface area contributed by atoms with Crippen molar-refractivity contribution in [3.63, 3.8) is 0 Å². The quantitative estimate of drug-likeness (QED) is 0.818. The Morgan fingerprint density at radius 3 is 2.71 bits per heavy atom. The fourth-order valence-electron chi connectivity index (χ4n) is 1.53. The van der Waals surface area contributed by atoms with Gasteiger partial charge in [0.2, 0.25) is 0 Å². The third-order valence-electron chi connectivity index (χ3n) is 2.58. The van der Waals surface area contributed by atoms with E-state index in [1.807, 2.05) is 19.1 Å². The molecule has 0 aliphatic carbocycles. The molecule has 0 saturated carbocycles. The van der Waals surface area contributed by atoms with Crippen LogP contribution in [0.5, 0.6) is 5.75 Å². The van der Waals surface area contributed by atoms with Crippen LogP contribution in [0.4, 0.5) is 0 Å².